The maximum absolute atomic E-state index is 12.7. The third kappa shape index (κ3) is 4.83. The van der Waals surface area contributed by atoms with E-state index in [1.807, 2.05) is 38.1 Å². The molecule has 10 heteroatoms. The van der Waals surface area contributed by atoms with Crippen LogP contribution in [0.1, 0.15) is 26.3 Å². The molecule has 1 N–H and O–H groups in total. The van der Waals surface area contributed by atoms with Crippen LogP contribution in [0.25, 0.3) is 33.2 Å². The Kier molecular flexibility index (Phi) is 6.74. The number of nitrogens with one attached hydrogen (secondary N) is 1. The molecule has 5 aromatic rings. The van der Waals surface area contributed by atoms with Gasteiger partial charge in [-0.15, -0.1) is 11.3 Å². The van der Waals surface area contributed by atoms with Crippen molar-refractivity contribution in [2.24, 2.45) is 5.10 Å². The highest BCUT2D eigenvalue weighted by atomic mass is 32.1. The summed E-state index contributed by atoms with van der Waals surface area (Å²) in [4.78, 5) is 29.8. The van der Waals surface area contributed by atoms with Crippen LogP contribution in [-0.2, 0) is 0 Å². The molecule has 2 aromatic carbocycles. The number of ether oxygens (including phenoxy) is 2. The molecule has 188 valence electrons. The fraction of sp³-hybridized carbons (Fsp3) is 0.185. The van der Waals surface area contributed by atoms with Crippen LogP contribution in [-0.4, -0.2) is 23.9 Å². The smallest absolute Gasteiger partial charge is 0.345 e. The van der Waals surface area contributed by atoms with Crippen molar-refractivity contribution in [3.63, 3.8) is 0 Å². The molecular weight excluding hydrogens is 494 g/mol. The van der Waals surface area contributed by atoms with Gasteiger partial charge in [-0.2, -0.15) is 5.10 Å². The second-order valence-corrected chi connectivity index (χ2v) is 8.82. The molecule has 0 fully saturated rings. The van der Waals surface area contributed by atoms with Gasteiger partial charge >= 0.3 is 11.3 Å². The summed E-state index contributed by atoms with van der Waals surface area (Å²) < 4.78 is 22.2. The van der Waals surface area contributed by atoms with E-state index in [1.165, 1.54) is 11.3 Å². The summed E-state index contributed by atoms with van der Waals surface area (Å²) in [6, 6.07) is 14.3. The highest BCUT2D eigenvalue weighted by Gasteiger charge is 2.15. The molecule has 3 heterocycles. The molecule has 0 aliphatic rings. The van der Waals surface area contributed by atoms with Gasteiger partial charge in [-0.25, -0.2) is 14.6 Å². The number of anilines is 1. The Hall–Kier alpha value is -4.44. The van der Waals surface area contributed by atoms with Crippen LogP contribution < -0.4 is 26.2 Å². The average molecular weight is 518 g/mol. The van der Waals surface area contributed by atoms with Crippen molar-refractivity contribution >= 4 is 44.1 Å². The lowest BCUT2D eigenvalue weighted by molar-refractivity contribution is 0.337. The lowest BCUT2D eigenvalue weighted by Gasteiger charge is -2.07. The van der Waals surface area contributed by atoms with Crippen molar-refractivity contribution in [2.75, 3.05) is 18.6 Å². The van der Waals surface area contributed by atoms with Crippen LogP contribution in [0.15, 0.2) is 77.4 Å². The SMILES string of the molecule is CCOc1cccc2cc(/C(C)=N/Nc3nc(-c4cc5cccc(OCC)c5oc4=O)cs3)c(=O)oc12. The summed E-state index contributed by atoms with van der Waals surface area (Å²) in [5, 5.41) is 7.94. The number of aromatic nitrogens is 1. The number of hydrogen-bond acceptors (Lipinski definition) is 10. The van der Waals surface area contributed by atoms with Crippen molar-refractivity contribution in [2.45, 2.75) is 20.8 Å². The second kappa shape index (κ2) is 10.3. The van der Waals surface area contributed by atoms with E-state index in [1.54, 1.807) is 36.6 Å². The Morgan fingerprint density at radius 2 is 1.57 bits per heavy atom. The van der Waals surface area contributed by atoms with Crippen molar-refractivity contribution in [1.82, 2.24) is 4.98 Å². The zero-order valence-corrected chi connectivity index (χ0v) is 21.2. The number of para-hydroxylation sites is 2. The molecule has 0 saturated heterocycles. The lowest BCUT2D eigenvalue weighted by Crippen LogP contribution is -2.13. The van der Waals surface area contributed by atoms with E-state index < -0.39 is 11.3 Å². The van der Waals surface area contributed by atoms with E-state index in [4.69, 9.17) is 18.3 Å². The highest BCUT2D eigenvalue weighted by Crippen LogP contribution is 2.29. The molecule has 37 heavy (non-hydrogen) atoms. The number of rotatable bonds is 8. The third-order valence-corrected chi connectivity index (χ3v) is 6.28. The maximum Gasteiger partial charge on any atom is 0.345 e. The Bertz CT molecular complexity index is 1750. The summed E-state index contributed by atoms with van der Waals surface area (Å²) in [6.07, 6.45) is 0. The van der Waals surface area contributed by atoms with Crippen molar-refractivity contribution in [3.05, 3.63) is 80.3 Å². The van der Waals surface area contributed by atoms with E-state index in [-0.39, 0.29) is 0 Å². The van der Waals surface area contributed by atoms with Crippen LogP contribution in [0.5, 0.6) is 11.5 Å². The van der Waals surface area contributed by atoms with Gasteiger partial charge < -0.3 is 18.3 Å². The summed E-state index contributed by atoms with van der Waals surface area (Å²) in [5.74, 6) is 1.03. The first kappa shape index (κ1) is 24.3. The van der Waals surface area contributed by atoms with Gasteiger partial charge in [-0.1, -0.05) is 24.3 Å². The minimum atomic E-state index is -0.525. The quantitative estimate of drug-likeness (QED) is 0.159. The molecular formula is C27H23N3O6S. The monoisotopic (exact) mass is 517 g/mol. The number of fused-ring (bicyclic) bond motifs is 2. The van der Waals surface area contributed by atoms with E-state index in [9.17, 15) is 9.59 Å². The van der Waals surface area contributed by atoms with Gasteiger partial charge in [0.05, 0.1) is 35.7 Å². The summed E-state index contributed by atoms with van der Waals surface area (Å²) in [7, 11) is 0. The van der Waals surface area contributed by atoms with E-state index in [0.29, 0.717) is 63.5 Å². The first-order valence-electron chi connectivity index (χ1n) is 11.6. The second-order valence-electron chi connectivity index (χ2n) is 7.96. The fourth-order valence-electron chi connectivity index (χ4n) is 3.85. The van der Waals surface area contributed by atoms with Gasteiger partial charge in [0.1, 0.15) is 0 Å². The van der Waals surface area contributed by atoms with E-state index in [0.717, 1.165) is 10.8 Å². The normalized spacial score (nSPS) is 11.7. The van der Waals surface area contributed by atoms with Gasteiger partial charge in [0.25, 0.3) is 0 Å². The van der Waals surface area contributed by atoms with Gasteiger partial charge in [0, 0.05) is 16.2 Å². The average Bonchev–Trinajstić information content (AvgIpc) is 3.36. The molecule has 0 amide bonds. The lowest BCUT2D eigenvalue weighted by atomic mass is 10.1. The molecule has 9 nitrogen and oxygen atoms in total. The standard InChI is InChI=1S/C27H23N3O6S/c1-4-33-21-10-6-8-16-12-18(25(31)35-23(16)21)15(3)29-30-27-28-20(14-37-27)19-13-17-9-7-11-22(34-5-2)24(17)36-26(19)32/h6-14H,4-5H2,1-3H3,(H,28,30)/b29-15+. The van der Waals surface area contributed by atoms with Crippen molar-refractivity contribution < 1.29 is 18.3 Å². The van der Waals surface area contributed by atoms with Crippen LogP contribution in [0.4, 0.5) is 5.13 Å². The van der Waals surface area contributed by atoms with Gasteiger partial charge in [0.15, 0.2) is 22.7 Å². The molecule has 0 saturated carbocycles. The minimum absolute atomic E-state index is 0.311. The molecule has 0 radical (unpaired) electrons. The number of thiazole rings is 1. The summed E-state index contributed by atoms with van der Waals surface area (Å²) in [5.41, 5.74) is 4.12. The summed E-state index contributed by atoms with van der Waals surface area (Å²) >= 11 is 1.27. The van der Waals surface area contributed by atoms with E-state index >= 15 is 0 Å². The first-order chi connectivity index (χ1) is 18.0. The maximum atomic E-state index is 12.7. The Balaban J connectivity index is 1.41. The predicted molar refractivity (Wildman–Crippen MR) is 144 cm³/mol. The van der Waals surface area contributed by atoms with Crippen molar-refractivity contribution in [3.8, 4) is 22.8 Å². The van der Waals surface area contributed by atoms with E-state index in [2.05, 4.69) is 15.5 Å². The molecule has 0 spiro atoms. The molecule has 5 rings (SSSR count). The molecule has 0 atom stereocenters. The Morgan fingerprint density at radius 1 is 0.946 bits per heavy atom. The predicted octanol–water partition coefficient (Wildman–Crippen LogP) is 5.66. The fourth-order valence-corrected chi connectivity index (χ4v) is 4.50. The number of nitrogens with zero attached hydrogens (tertiary/aromatic N) is 2. The molecule has 3 aromatic heterocycles. The van der Waals surface area contributed by atoms with Gasteiger partial charge in [-0.05, 0) is 45.0 Å². The van der Waals surface area contributed by atoms with Crippen LogP contribution >= 0.6 is 11.3 Å². The number of hydrazone groups is 1. The van der Waals surface area contributed by atoms with Gasteiger partial charge in [0.2, 0.25) is 5.13 Å². The summed E-state index contributed by atoms with van der Waals surface area (Å²) in [6.45, 7) is 6.34. The molecule has 0 unspecified atom stereocenters. The van der Waals surface area contributed by atoms with Crippen LogP contribution in [0, 0.1) is 0 Å². The Labute approximate surface area is 215 Å². The van der Waals surface area contributed by atoms with Gasteiger partial charge in [-0.3, -0.25) is 5.43 Å². The highest BCUT2D eigenvalue weighted by molar-refractivity contribution is 7.14. The first-order valence-corrected chi connectivity index (χ1v) is 12.5. The van der Waals surface area contributed by atoms with Crippen molar-refractivity contribution in [1.29, 1.82) is 0 Å². The largest absolute Gasteiger partial charge is 0.490 e. The van der Waals surface area contributed by atoms with Crippen LogP contribution in [0.2, 0.25) is 0 Å². The Morgan fingerprint density at radius 3 is 2.22 bits per heavy atom. The number of benzene rings is 2. The zero-order valence-electron chi connectivity index (χ0n) is 20.4. The molecule has 0 bridgehead atoms. The topological polar surface area (TPSA) is 116 Å². The molecule has 0 aliphatic carbocycles. The molecule has 0 aliphatic heterocycles. The number of hydrogen-bond donors (Lipinski definition) is 1. The van der Waals surface area contributed by atoms with Crippen LogP contribution in [0.3, 0.4) is 0 Å². The zero-order chi connectivity index (χ0) is 25.9. The third-order valence-electron chi connectivity index (χ3n) is 5.54. The minimum Gasteiger partial charge on any atom is -0.490 e.